The van der Waals surface area contributed by atoms with Crippen LogP contribution in [-0.4, -0.2) is 30.6 Å². The van der Waals surface area contributed by atoms with Crippen molar-refractivity contribution in [2.75, 3.05) is 19.6 Å². The molecule has 1 unspecified atom stereocenters. The van der Waals surface area contributed by atoms with Crippen LogP contribution in [0.2, 0.25) is 0 Å². The fourth-order valence-electron chi connectivity index (χ4n) is 3.76. The normalized spacial score (nSPS) is 22.3. The van der Waals surface area contributed by atoms with Gasteiger partial charge in [-0.3, -0.25) is 4.90 Å². The number of piperidine rings is 1. The van der Waals surface area contributed by atoms with Gasteiger partial charge in [-0.15, -0.1) is 0 Å². The highest BCUT2D eigenvalue weighted by Crippen LogP contribution is 2.39. The largest absolute Gasteiger partial charge is 0.329 e. The van der Waals surface area contributed by atoms with E-state index in [1.807, 2.05) is 0 Å². The maximum absolute atomic E-state index is 6.05. The third-order valence-electron chi connectivity index (χ3n) is 5.66. The number of nitrogens with zero attached hydrogens (tertiary/aromatic N) is 1. The third kappa shape index (κ3) is 3.48. The topological polar surface area (TPSA) is 29.3 Å². The molecule has 2 N–H and O–H groups in total. The molecule has 0 amide bonds. The Morgan fingerprint density at radius 2 is 1.50 bits per heavy atom. The minimum atomic E-state index is 0.617. The Morgan fingerprint density at radius 1 is 1.00 bits per heavy atom. The van der Waals surface area contributed by atoms with Gasteiger partial charge in [0.2, 0.25) is 0 Å². The van der Waals surface area contributed by atoms with E-state index in [-0.39, 0.29) is 0 Å². The van der Waals surface area contributed by atoms with Gasteiger partial charge in [0.15, 0.2) is 0 Å². The van der Waals surface area contributed by atoms with Crippen LogP contribution in [0.3, 0.4) is 0 Å². The van der Waals surface area contributed by atoms with Crippen molar-refractivity contribution in [2.24, 2.45) is 17.1 Å². The van der Waals surface area contributed by atoms with E-state index in [2.05, 4.69) is 32.6 Å². The average molecular weight is 254 g/mol. The number of likely N-dealkylation sites (tertiary alicyclic amines) is 1. The van der Waals surface area contributed by atoms with Crippen molar-refractivity contribution in [1.82, 2.24) is 4.90 Å². The molecule has 0 aliphatic carbocycles. The maximum atomic E-state index is 6.05. The molecule has 0 aromatic carbocycles. The SMILES string of the molecule is CCC(CC)C(CN)N1CCC(CC)(CC)CC1. The van der Waals surface area contributed by atoms with Gasteiger partial charge in [-0.25, -0.2) is 0 Å². The predicted molar refractivity (Wildman–Crippen MR) is 80.7 cm³/mol. The van der Waals surface area contributed by atoms with Crippen LogP contribution in [-0.2, 0) is 0 Å². The molecule has 1 rings (SSSR count). The number of nitrogens with two attached hydrogens (primary N) is 1. The molecule has 2 nitrogen and oxygen atoms in total. The molecule has 0 bridgehead atoms. The Kier molecular flexibility index (Phi) is 6.65. The lowest BCUT2D eigenvalue weighted by atomic mass is 9.73. The standard InChI is InChI=1S/C16H34N2/c1-5-14(6-2)15(13-17)18-11-9-16(7-3,8-4)10-12-18/h14-15H,5-13,17H2,1-4H3. The van der Waals surface area contributed by atoms with Gasteiger partial charge in [0.05, 0.1) is 0 Å². The molecule has 1 aliphatic heterocycles. The molecule has 0 aromatic rings. The Labute approximate surface area is 114 Å². The van der Waals surface area contributed by atoms with Crippen molar-refractivity contribution in [1.29, 1.82) is 0 Å². The summed E-state index contributed by atoms with van der Waals surface area (Å²) in [7, 11) is 0. The van der Waals surface area contributed by atoms with Gasteiger partial charge >= 0.3 is 0 Å². The van der Waals surface area contributed by atoms with Crippen molar-refractivity contribution in [3.63, 3.8) is 0 Å². The lowest BCUT2D eigenvalue weighted by Gasteiger charge is -2.45. The second-order valence-corrected chi connectivity index (χ2v) is 6.12. The van der Waals surface area contributed by atoms with Gasteiger partial charge in [0.25, 0.3) is 0 Å². The Bertz CT molecular complexity index is 209. The zero-order valence-corrected chi connectivity index (χ0v) is 13.0. The highest BCUT2D eigenvalue weighted by molar-refractivity contribution is 4.88. The summed E-state index contributed by atoms with van der Waals surface area (Å²) in [5, 5.41) is 0. The van der Waals surface area contributed by atoms with Crippen molar-refractivity contribution < 1.29 is 0 Å². The third-order valence-corrected chi connectivity index (χ3v) is 5.66. The second-order valence-electron chi connectivity index (χ2n) is 6.12. The van der Waals surface area contributed by atoms with Gasteiger partial charge in [0, 0.05) is 12.6 Å². The fourth-order valence-corrected chi connectivity index (χ4v) is 3.76. The molecule has 0 radical (unpaired) electrons. The van der Waals surface area contributed by atoms with Crippen LogP contribution in [0.15, 0.2) is 0 Å². The van der Waals surface area contributed by atoms with E-state index in [4.69, 9.17) is 5.73 Å². The van der Waals surface area contributed by atoms with Gasteiger partial charge in [-0.2, -0.15) is 0 Å². The quantitative estimate of drug-likeness (QED) is 0.751. The lowest BCUT2D eigenvalue weighted by Crippen LogP contribution is -2.50. The van der Waals surface area contributed by atoms with E-state index < -0.39 is 0 Å². The Hall–Kier alpha value is -0.0800. The second kappa shape index (κ2) is 7.49. The monoisotopic (exact) mass is 254 g/mol. The van der Waals surface area contributed by atoms with Crippen molar-refractivity contribution in [3.05, 3.63) is 0 Å². The van der Waals surface area contributed by atoms with E-state index in [9.17, 15) is 0 Å². The first-order chi connectivity index (χ1) is 8.66. The molecule has 1 aliphatic rings. The molecule has 0 saturated carbocycles. The molecule has 2 heteroatoms. The molecular weight excluding hydrogens is 220 g/mol. The zero-order chi connectivity index (χ0) is 13.6. The predicted octanol–water partition coefficient (Wildman–Crippen LogP) is 3.65. The van der Waals surface area contributed by atoms with E-state index in [1.54, 1.807) is 0 Å². The van der Waals surface area contributed by atoms with E-state index >= 15 is 0 Å². The van der Waals surface area contributed by atoms with Crippen molar-refractivity contribution >= 4 is 0 Å². The van der Waals surface area contributed by atoms with Gasteiger partial charge in [-0.1, -0.05) is 53.4 Å². The summed E-state index contributed by atoms with van der Waals surface area (Å²) < 4.78 is 0. The molecule has 0 spiro atoms. The minimum Gasteiger partial charge on any atom is -0.329 e. The summed E-state index contributed by atoms with van der Waals surface area (Å²) in [5.41, 5.74) is 6.68. The summed E-state index contributed by atoms with van der Waals surface area (Å²) in [5.74, 6) is 0.783. The summed E-state index contributed by atoms with van der Waals surface area (Å²) in [6, 6.07) is 0.617. The van der Waals surface area contributed by atoms with Crippen LogP contribution in [0, 0.1) is 11.3 Å². The zero-order valence-electron chi connectivity index (χ0n) is 13.0. The molecule has 18 heavy (non-hydrogen) atoms. The Balaban J connectivity index is 2.59. The maximum Gasteiger partial charge on any atom is 0.0246 e. The van der Waals surface area contributed by atoms with Crippen LogP contribution in [0.5, 0.6) is 0 Å². The highest BCUT2D eigenvalue weighted by atomic mass is 15.2. The summed E-state index contributed by atoms with van der Waals surface area (Å²) in [4.78, 5) is 2.68. The lowest BCUT2D eigenvalue weighted by molar-refractivity contribution is 0.0461. The summed E-state index contributed by atoms with van der Waals surface area (Å²) in [6.07, 6.45) is 7.96. The Morgan fingerprint density at radius 3 is 1.83 bits per heavy atom. The summed E-state index contributed by atoms with van der Waals surface area (Å²) >= 11 is 0. The summed E-state index contributed by atoms with van der Waals surface area (Å²) in [6.45, 7) is 12.7. The van der Waals surface area contributed by atoms with E-state index in [0.29, 0.717) is 11.5 Å². The number of hydrogen-bond donors (Lipinski definition) is 1. The van der Waals surface area contributed by atoms with Gasteiger partial charge < -0.3 is 5.73 Å². The number of hydrogen-bond acceptors (Lipinski definition) is 2. The van der Waals surface area contributed by atoms with Gasteiger partial charge in [0.1, 0.15) is 0 Å². The first-order valence-corrected chi connectivity index (χ1v) is 8.10. The highest BCUT2D eigenvalue weighted by Gasteiger charge is 2.34. The van der Waals surface area contributed by atoms with Crippen LogP contribution in [0.1, 0.15) is 66.2 Å². The van der Waals surface area contributed by atoms with E-state index in [1.165, 1.54) is 51.6 Å². The molecule has 1 heterocycles. The van der Waals surface area contributed by atoms with Crippen LogP contribution in [0.4, 0.5) is 0 Å². The fraction of sp³-hybridized carbons (Fsp3) is 1.00. The first-order valence-electron chi connectivity index (χ1n) is 8.10. The van der Waals surface area contributed by atoms with E-state index in [0.717, 1.165) is 12.5 Å². The molecule has 108 valence electrons. The molecule has 0 aromatic heterocycles. The number of rotatable bonds is 7. The minimum absolute atomic E-state index is 0.617. The van der Waals surface area contributed by atoms with Crippen LogP contribution in [0.25, 0.3) is 0 Å². The molecular formula is C16H34N2. The van der Waals surface area contributed by atoms with Gasteiger partial charge in [-0.05, 0) is 37.3 Å². The average Bonchev–Trinajstić information content (AvgIpc) is 2.45. The molecule has 1 atom stereocenters. The molecule has 1 saturated heterocycles. The van der Waals surface area contributed by atoms with Crippen LogP contribution < -0.4 is 5.73 Å². The van der Waals surface area contributed by atoms with Crippen LogP contribution >= 0.6 is 0 Å². The molecule has 1 fully saturated rings. The smallest absolute Gasteiger partial charge is 0.0246 e. The first kappa shape index (κ1) is 16.0. The van der Waals surface area contributed by atoms with Crippen molar-refractivity contribution in [2.45, 2.75) is 72.3 Å². The van der Waals surface area contributed by atoms with Crippen molar-refractivity contribution in [3.8, 4) is 0 Å².